The van der Waals surface area contributed by atoms with Crippen LogP contribution in [0.2, 0.25) is 0 Å². The number of carbonyl (C=O) groups excluding carboxylic acids is 3. The van der Waals surface area contributed by atoms with Crippen LogP contribution in [0.5, 0.6) is 0 Å². The minimum atomic E-state index is -0.858. The quantitative estimate of drug-likeness (QED) is 0.234. The van der Waals surface area contributed by atoms with Crippen LogP contribution in [0.15, 0.2) is 60.0 Å². The summed E-state index contributed by atoms with van der Waals surface area (Å²) < 4.78 is 5.59. The van der Waals surface area contributed by atoms with Crippen molar-refractivity contribution in [2.24, 2.45) is 0 Å². The van der Waals surface area contributed by atoms with Crippen molar-refractivity contribution in [1.29, 1.82) is 0 Å². The van der Waals surface area contributed by atoms with Crippen molar-refractivity contribution in [3.05, 3.63) is 71.1 Å². The van der Waals surface area contributed by atoms with E-state index in [1.54, 1.807) is 12.1 Å². The maximum Gasteiger partial charge on any atom is 0.411 e. The SMILES string of the molecule is O=C(O)CCCCC1SCC(C(=O)Nc2nc(-c3ccc(C(=O)NC4CC4)cc3)cs2)N1C(=O)OCc1ccccc1. The van der Waals surface area contributed by atoms with Gasteiger partial charge in [-0.25, -0.2) is 9.78 Å². The maximum atomic E-state index is 13.4. The van der Waals surface area contributed by atoms with E-state index in [4.69, 9.17) is 9.84 Å². The molecular formula is C30H32N4O6S2. The van der Waals surface area contributed by atoms with Crippen LogP contribution >= 0.6 is 23.1 Å². The number of carboxylic acid groups (broad SMARTS) is 1. The Morgan fingerprint density at radius 1 is 1.02 bits per heavy atom. The lowest BCUT2D eigenvalue weighted by molar-refractivity contribution is -0.137. The predicted octanol–water partition coefficient (Wildman–Crippen LogP) is 5.37. The number of thiazole rings is 1. The topological polar surface area (TPSA) is 138 Å². The van der Waals surface area contributed by atoms with E-state index in [9.17, 15) is 19.2 Å². The number of ether oxygens (including phenoxy) is 1. The second-order valence-electron chi connectivity index (χ2n) is 10.2. The summed E-state index contributed by atoms with van der Waals surface area (Å²) in [6.45, 7) is 0.0811. The summed E-state index contributed by atoms with van der Waals surface area (Å²) in [5.74, 6) is -0.918. The van der Waals surface area contributed by atoms with Crippen LogP contribution in [0.1, 0.15) is 54.4 Å². The van der Waals surface area contributed by atoms with Gasteiger partial charge in [-0.05, 0) is 49.8 Å². The van der Waals surface area contributed by atoms with E-state index < -0.39 is 18.1 Å². The van der Waals surface area contributed by atoms with Gasteiger partial charge < -0.3 is 20.5 Å². The largest absolute Gasteiger partial charge is 0.481 e. The number of carbonyl (C=O) groups is 4. The minimum Gasteiger partial charge on any atom is -0.481 e. The molecule has 1 aromatic heterocycles. The Morgan fingerprint density at radius 3 is 2.50 bits per heavy atom. The van der Waals surface area contributed by atoms with Crippen molar-refractivity contribution in [2.75, 3.05) is 11.1 Å². The fraction of sp³-hybridized carbons (Fsp3) is 0.367. The first-order chi connectivity index (χ1) is 20.4. The fourth-order valence-corrected chi connectivity index (χ4v) is 6.73. The second-order valence-corrected chi connectivity index (χ2v) is 12.3. The summed E-state index contributed by atoms with van der Waals surface area (Å²) in [5.41, 5.74) is 2.91. The lowest BCUT2D eigenvalue weighted by Gasteiger charge is -2.27. The number of thioether (sulfide) groups is 1. The molecule has 3 amide bonds. The highest BCUT2D eigenvalue weighted by Crippen LogP contribution is 2.34. The van der Waals surface area contributed by atoms with E-state index in [-0.39, 0.29) is 36.3 Å². The molecule has 3 aromatic rings. The van der Waals surface area contributed by atoms with Gasteiger partial charge in [0.05, 0.1) is 11.1 Å². The Kier molecular flexibility index (Phi) is 9.75. The smallest absolute Gasteiger partial charge is 0.411 e. The molecule has 12 heteroatoms. The molecule has 1 aliphatic carbocycles. The van der Waals surface area contributed by atoms with Crippen LogP contribution in [0, 0.1) is 0 Å². The van der Waals surface area contributed by atoms with Gasteiger partial charge in [-0.2, -0.15) is 0 Å². The lowest BCUT2D eigenvalue weighted by atomic mass is 10.1. The van der Waals surface area contributed by atoms with Gasteiger partial charge in [0.15, 0.2) is 5.13 Å². The first kappa shape index (κ1) is 29.6. The number of rotatable bonds is 12. The minimum absolute atomic E-state index is 0.0581. The summed E-state index contributed by atoms with van der Waals surface area (Å²) in [6.07, 6.45) is 3.17. The number of hydrogen-bond acceptors (Lipinski definition) is 8. The van der Waals surface area contributed by atoms with Crippen molar-refractivity contribution in [3.8, 4) is 11.3 Å². The molecule has 0 bridgehead atoms. The number of nitrogens with one attached hydrogen (secondary N) is 2. The van der Waals surface area contributed by atoms with Crippen molar-refractivity contribution < 1.29 is 29.0 Å². The van der Waals surface area contributed by atoms with Crippen molar-refractivity contribution in [3.63, 3.8) is 0 Å². The summed E-state index contributed by atoms with van der Waals surface area (Å²) in [7, 11) is 0. The monoisotopic (exact) mass is 608 g/mol. The highest BCUT2D eigenvalue weighted by molar-refractivity contribution is 8.00. The van der Waals surface area contributed by atoms with E-state index >= 15 is 0 Å². The van der Waals surface area contributed by atoms with Gasteiger partial charge in [0.1, 0.15) is 12.6 Å². The predicted molar refractivity (Wildman–Crippen MR) is 161 cm³/mol. The molecule has 0 spiro atoms. The van der Waals surface area contributed by atoms with Crippen molar-refractivity contribution in [2.45, 2.75) is 62.6 Å². The molecule has 1 aliphatic heterocycles. The number of anilines is 1. The molecule has 42 heavy (non-hydrogen) atoms. The van der Waals surface area contributed by atoms with Crippen LogP contribution in [0.4, 0.5) is 9.93 Å². The van der Waals surface area contributed by atoms with Gasteiger partial charge in [0, 0.05) is 34.7 Å². The van der Waals surface area contributed by atoms with Crippen LogP contribution in [0.3, 0.4) is 0 Å². The molecule has 2 atom stereocenters. The van der Waals surface area contributed by atoms with Gasteiger partial charge >= 0.3 is 12.1 Å². The van der Waals surface area contributed by atoms with E-state index in [0.29, 0.717) is 41.4 Å². The molecule has 2 unspecified atom stereocenters. The number of amides is 3. The zero-order valence-electron chi connectivity index (χ0n) is 22.9. The number of aliphatic carboxylic acids is 1. The van der Waals surface area contributed by atoms with Gasteiger partial charge in [0.2, 0.25) is 5.91 Å². The van der Waals surface area contributed by atoms with Gasteiger partial charge in [-0.15, -0.1) is 23.1 Å². The van der Waals surface area contributed by atoms with Crippen molar-refractivity contribution in [1.82, 2.24) is 15.2 Å². The van der Waals surface area contributed by atoms with Crippen LogP contribution in [-0.2, 0) is 20.9 Å². The summed E-state index contributed by atoms with van der Waals surface area (Å²) >= 11 is 2.76. The molecule has 3 N–H and O–H groups in total. The normalized spacial score (nSPS) is 18.0. The Hall–Kier alpha value is -3.90. The molecule has 2 aliphatic rings. The Labute approximate surface area is 251 Å². The standard InChI is InChI=1S/C30H32N4O6S2/c35-26(36)9-5-4-8-25-34(30(39)40-16-19-6-2-1-3-7-19)24(18-41-25)28(38)33-29-32-23(17-42-29)20-10-12-21(13-11-20)27(37)31-22-14-15-22/h1-3,6-7,10-13,17,22,24-25H,4-5,8-9,14-16,18H2,(H,31,37)(H,35,36)(H,32,33,38). The number of unbranched alkanes of at least 4 members (excludes halogenated alkanes) is 1. The number of nitrogens with zero attached hydrogens (tertiary/aromatic N) is 2. The van der Waals surface area contributed by atoms with Gasteiger partial charge in [-0.3, -0.25) is 19.3 Å². The zero-order valence-corrected chi connectivity index (χ0v) is 24.5. The van der Waals surface area contributed by atoms with Gasteiger partial charge in [-0.1, -0.05) is 42.5 Å². The van der Waals surface area contributed by atoms with Crippen LogP contribution in [-0.4, -0.2) is 62.1 Å². The summed E-state index contributed by atoms with van der Waals surface area (Å²) in [5, 5.41) is 16.7. The lowest BCUT2D eigenvalue weighted by Crippen LogP contribution is -2.47. The molecule has 5 rings (SSSR count). The van der Waals surface area contributed by atoms with Crippen LogP contribution < -0.4 is 10.6 Å². The highest BCUT2D eigenvalue weighted by atomic mass is 32.2. The first-order valence-electron chi connectivity index (χ1n) is 13.9. The van der Waals surface area contributed by atoms with Gasteiger partial charge in [0.25, 0.3) is 5.91 Å². The molecule has 220 valence electrons. The number of hydrogen-bond donors (Lipinski definition) is 3. The average Bonchev–Trinajstić information content (AvgIpc) is 3.51. The Morgan fingerprint density at radius 2 is 1.79 bits per heavy atom. The fourth-order valence-electron chi connectivity index (χ4n) is 4.56. The average molecular weight is 609 g/mol. The first-order valence-corrected chi connectivity index (χ1v) is 15.8. The molecule has 2 fully saturated rings. The van der Waals surface area contributed by atoms with E-state index in [1.165, 1.54) is 28.0 Å². The van der Waals surface area contributed by atoms with E-state index in [2.05, 4.69) is 15.6 Å². The summed E-state index contributed by atoms with van der Waals surface area (Å²) in [4.78, 5) is 55.8. The molecule has 10 nitrogen and oxygen atoms in total. The Bertz CT molecular complexity index is 1410. The second kappa shape index (κ2) is 13.8. The molecule has 0 radical (unpaired) electrons. The third-order valence-corrected chi connectivity index (χ3v) is 9.11. The highest BCUT2D eigenvalue weighted by Gasteiger charge is 2.42. The third kappa shape index (κ3) is 7.89. The molecule has 1 saturated carbocycles. The third-order valence-electron chi connectivity index (χ3n) is 6.99. The van der Waals surface area contributed by atoms with Crippen molar-refractivity contribution >= 4 is 52.1 Å². The zero-order chi connectivity index (χ0) is 29.5. The number of aromatic nitrogens is 1. The summed E-state index contributed by atoms with van der Waals surface area (Å²) in [6, 6.07) is 16.0. The molecule has 1 saturated heterocycles. The number of benzene rings is 2. The molecular weight excluding hydrogens is 576 g/mol. The number of carboxylic acids is 1. The van der Waals surface area contributed by atoms with E-state index in [0.717, 1.165) is 24.0 Å². The Balaban J connectivity index is 1.22. The molecule has 2 heterocycles. The molecule has 2 aromatic carbocycles. The van der Waals surface area contributed by atoms with E-state index in [1.807, 2.05) is 47.8 Å². The van der Waals surface area contributed by atoms with Crippen LogP contribution in [0.25, 0.3) is 11.3 Å². The maximum absolute atomic E-state index is 13.4.